The minimum absolute atomic E-state index is 0.195. The zero-order chi connectivity index (χ0) is 13.8. The third-order valence-electron chi connectivity index (χ3n) is 2.82. The van der Waals surface area contributed by atoms with Gasteiger partial charge in [-0.3, -0.25) is 4.79 Å². The molecule has 1 fully saturated rings. The van der Waals surface area contributed by atoms with E-state index in [1.165, 1.54) is 30.0 Å². The summed E-state index contributed by atoms with van der Waals surface area (Å²) in [4.78, 5) is 24.5. The lowest BCUT2D eigenvalue weighted by molar-refractivity contribution is 0.0416. The normalized spacial score (nSPS) is 15.1. The van der Waals surface area contributed by atoms with E-state index < -0.39 is 6.09 Å². The molecule has 0 unspecified atom stereocenters. The fourth-order valence-electron chi connectivity index (χ4n) is 1.78. The first-order chi connectivity index (χ1) is 9.08. The van der Waals surface area contributed by atoms with Gasteiger partial charge in [-0.2, -0.15) is 0 Å². The maximum atomic E-state index is 11.8. The van der Waals surface area contributed by atoms with E-state index in [0.29, 0.717) is 26.3 Å². The Morgan fingerprint density at radius 1 is 1.32 bits per heavy atom. The molecule has 1 amide bonds. The molecule has 102 valence electrons. The number of rotatable bonds is 2. The van der Waals surface area contributed by atoms with Gasteiger partial charge in [0.15, 0.2) is 5.78 Å². The van der Waals surface area contributed by atoms with Crippen molar-refractivity contribution >= 4 is 11.9 Å². The van der Waals surface area contributed by atoms with Crippen LogP contribution in [-0.2, 0) is 4.74 Å². The van der Waals surface area contributed by atoms with Crippen molar-refractivity contribution in [2.45, 2.75) is 6.92 Å². The molecular weight excluding hydrogens is 250 g/mol. The second-order valence-electron chi connectivity index (χ2n) is 4.20. The van der Waals surface area contributed by atoms with Gasteiger partial charge in [-0.05, 0) is 19.1 Å². The SMILES string of the molecule is CC(=O)c1ccc(OC(=O)N2CCOCC2)cc1O. The number of nitrogens with zero attached hydrogens (tertiary/aromatic N) is 1. The summed E-state index contributed by atoms with van der Waals surface area (Å²) in [5.41, 5.74) is 0.200. The van der Waals surface area contributed by atoms with Crippen LogP contribution in [0.25, 0.3) is 0 Å². The number of hydrogen-bond acceptors (Lipinski definition) is 5. The van der Waals surface area contributed by atoms with Gasteiger partial charge >= 0.3 is 6.09 Å². The molecule has 1 heterocycles. The lowest BCUT2D eigenvalue weighted by Gasteiger charge is -2.25. The standard InChI is InChI=1S/C13H15NO5/c1-9(15)11-3-2-10(8-12(11)16)19-13(17)14-4-6-18-7-5-14/h2-3,8,16H,4-7H2,1H3. The van der Waals surface area contributed by atoms with E-state index in [1.807, 2.05) is 0 Å². The van der Waals surface area contributed by atoms with Crippen molar-refractivity contribution < 1.29 is 24.2 Å². The number of Topliss-reactive ketones (excluding diaryl/α,β-unsaturated/α-hetero) is 1. The number of ether oxygens (including phenoxy) is 2. The largest absolute Gasteiger partial charge is 0.507 e. The summed E-state index contributed by atoms with van der Waals surface area (Å²) in [6.07, 6.45) is -0.488. The number of carbonyl (C=O) groups excluding carboxylic acids is 2. The molecule has 1 saturated heterocycles. The van der Waals surface area contributed by atoms with Crippen molar-refractivity contribution in [3.05, 3.63) is 23.8 Å². The molecule has 6 nitrogen and oxygen atoms in total. The Morgan fingerprint density at radius 3 is 2.58 bits per heavy atom. The molecule has 19 heavy (non-hydrogen) atoms. The van der Waals surface area contributed by atoms with Gasteiger partial charge in [-0.15, -0.1) is 0 Å². The highest BCUT2D eigenvalue weighted by molar-refractivity contribution is 5.96. The molecule has 2 rings (SSSR count). The zero-order valence-electron chi connectivity index (χ0n) is 10.6. The fraction of sp³-hybridized carbons (Fsp3) is 0.385. The number of amides is 1. The van der Waals surface area contributed by atoms with Gasteiger partial charge in [0.2, 0.25) is 0 Å². The van der Waals surface area contributed by atoms with Crippen LogP contribution in [0.5, 0.6) is 11.5 Å². The smallest absolute Gasteiger partial charge is 0.415 e. The molecule has 0 atom stereocenters. The minimum Gasteiger partial charge on any atom is -0.507 e. The highest BCUT2D eigenvalue weighted by Crippen LogP contribution is 2.24. The number of morpholine rings is 1. The van der Waals surface area contributed by atoms with E-state index in [-0.39, 0.29) is 22.8 Å². The third kappa shape index (κ3) is 3.23. The van der Waals surface area contributed by atoms with E-state index in [2.05, 4.69) is 0 Å². The minimum atomic E-state index is -0.488. The van der Waals surface area contributed by atoms with Gasteiger partial charge in [0.05, 0.1) is 18.8 Å². The molecule has 6 heteroatoms. The summed E-state index contributed by atoms with van der Waals surface area (Å²) in [5.74, 6) is -0.234. The molecular formula is C13H15NO5. The number of ketones is 1. The topological polar surface area (TPSA) is 76.1 Å². The van der Waals surface area contributed by atoms with Crippen LogP contribution >= 0.6 is 0 Å². The first-order valence-corrected chi connectivity index (χ1v) is 5.96. The molecule has 0 aromatic heterocycles. The second-order valence-corrected chi connectivity index (χ2v) is 4.20. The van der Waals surface area contributed by atoms with Gasteiger partial charge in [-0.25, -0.2) is 4.79 Å². The fourth-order valence-corrected chi connectivity index (χ4v) is 1.78. The number of aromatic hydroxyl groups is 1. The van der Waals surface area contributed by atoms with E-state index in [9.17, 15) is 14.7 Å². The van der Waals surface area contributed by atoms with Crippen molar-refractivity contribution in [1.29, 1.82) is 0 Å². The molecule has 1 aromatic carbocycles. The van der Waals surface area contributed by atoms with Crippen LogP contribution in [0.4, 0.5) is 4.79 Å². The second kappa shape index (κ2) is 5.71. The summed E-state index contributed by atoms with van der Waals surface area (Å²) in [6, 6.07) is 4.17. The van der Waals surface area contributed by atoms with Crippen LogP contribution in [0.2, 0.25) is 0 Å². The third-order valence-corrected chi connectivity index (χ3v) is 2.82. The maximum absolute atomic E-state index is 11.8. The number of phenols is 1. The molecule has 1 N–H and O–H groups in total. The molecule has 0 aliphatic carbocycles. The van der Waals surface area contributed by atoms with Crippen molar-refractivity contribution in [3.8, 4) is 11.5 Å². The first-order valence-electron chi connectivity index (χ1n) is 5.96. The Balaban J connectivity index is 2.04. The van der Waals surface area contributed by atoms with Gasteiger partial charge in [-0.1, -0.05) is 0 Å². The van der Waals surface area contributed by atoms with Gasteiger partial charge in [0.1, 0.15) is 11.5 Å². The van der Waals surface area contributed by atoms with Crippen LogP contribution in [0.1, 0.15) is 17.3 Å². The molecule has 0 radical (unpaired) electrons. The van der Waals surface area contributed by atoms with Crippen molar-refractivity contribution in [2.24, 2.45) is 0 Å². The number of carbonyl (C=O) groups is 2. The molecule has 0 bridgehead atoms. The van der Waals surface area contributed by atoms with Crippen LogP contribution < -0.4 is 4.74 Å². The molecule has 1 aliphatic rings. The summed E-state index contributed by atoms with van der Waals surface area (Å²) in [7, 11) is 0. The highest BCUT2D eigenvalue weighted by atomic mass is 16.6. The summed E-state index contributed by atoms with van der Waals surface area (Å²) in [5, 5.41) is 9.64. The van der Waals surface area contributed by atoms with Gasteiger partial charge in [0, 0.05) is 19.2 Å². The Kier molecular flexibility index (Phi) is 4.01. The Hall–Kier alpha value is -2.08. The van der Waals surface area contributed by atoms with Crippen LogP contribution in [-0.4, -0.2) is 48.2 Å². The monoisotopic (exact) mass is 265 g/mol. The number of hydrogen-bond donors (Lipinski definition) is 1. The average molecular weight is 265 g/mol. The van der Waals surface area contributed by atoms with E-state index in [0.717, 1.165) is 0 Å². The van der Waals surface area contributed by atoms with Crippen LogP contribution in [0, 0.1) is 0 Å². The zero-order valence-corrected chi connectivity index (χ0v) is 10.6. The maximum Gasteiger partial charge on any atom is 0.415 e. The van der Waals surface area contributed by atoms with Crippen molar-refractivity contribution in [3.63, 3.8) is 0 Å². The van der Waals surface area contributed by atoms with Gasteiger partial charge < -0.3 is 19.5 Å². The quantitative estimate of drug-likeness (QED) is 0.818. The summed E-state index contributed by atoms with van der Waals surface area (Å²) >= 11 is 0. The molecule has 1 aromatic rings. The predicted molar refractivity (Wildman–Crippen MR) is 66.5 cm³/mol. The molecule has 0 saturated carbocycles. The lowest BCUT2D eigenvalue weighted by atomic mass is 10.1. The Bertz CT molecular complexity index is 494. The number of benzene rings is 1. The van der Waals surface area contributed by atoms with E-state index in [4.69, 9.17) is 9.47 Å². The lowest BCUT2D eigenvalue weighted by Crippen LogP contribution is -2.42. The number of phenolic OH excluding ortho intramolecular Hbond substituents is 1. The Morgan fingerprint density at radius 2 is 2.00 bits per heavy atom. The van der Waals surface area contributed by atoms with E-state index >= 15 is 0 Å². The summed E-state index contributed by atoms with van der Waals surface area (Å²) < 4.78 is 10.3. The Labute approximate surface area is 110 Å². The first kappa shape index (κ1) is 13.4. The van der Waals surface area contributed by atoms with Gasteiger partial charge in [0.25, 0.3) is 0 Å². The van der Waals surface area contributed by atoms with Crippen molar-refractivity contribution in [1.82, 2.24) is 4.90 Å². The van der Waals surface area contributed by atoms with Crippen molar-refractivity contribution in [2.75, 3.05) is 26.3 Å². The predicted octanol–water partition coefficient (Wildman–Crippen LogP) is 1.43. The highest BCUT2D eigenvalue weighted by Gasteiger charge is 2.19. The molecule has 1 aliphatic heterocycles. The average Bonchev–Trinajstić information content (AvgIpc) is 2.39. The van der Waals surface area contributed by atoms with Crippen LogP contribution in [0.3, 0.4) is 0 Å². The summed E-state index contributed by atoms with van der Waals surface area (Å²) in [6.45, 7) is 3.30. The van der Waals surface area contributed by atoms with E-state index in [1.54, 1.807) is 0 Å². The molecule has 0 spiro atoms. The van der Waals surface area contributed by atoms with Crippen LogP contribution in [0.15, 0.2) is 18.2 Å².